The summed E-state index contributed by atoms with van der Waals surface area (Å²) in [4.78, 5) is 13.1. The minimum atomic E-state index is 0.272. The van der Waals surface area contributed by atoms with E-state index in [0.717, 1.165) is 21.4 Å². The molecule has 2 aromatic heterocycles. The molecule has 94 valence electrons. The number of anilines is 1. The maximum atomic E-state index is 5.91. The van der Waals surface area contributed by atoms with Crippen LogP contribution in [0.3, 0.4) is 0 Å². The summed E-state index contributed by atoms with van der Waals surface area (Å²) in [5.74, 6) is 1.29. The van der Waals surface area contributed by atoms with E-state index in [2.05, 4.69) is 44.7 Å². The van der Waals surface area contributed by atoms with Crippen LogP contribution in [-0.4, -0.2) is 15.0 Å². The fourth-order valence-corrected chi connectivity index (χ4v) is 2.27. The van der Waals surface area contributed by atoms with Gasteiger partial charge in [-0.15, -0.1) is 0 Å². The summed E-state index contributed by atoms with van der Waals surface area (Å²) in [6, 6.07) is 3.89. The van der Waals surface area contributed by atoms with Gasteiger partial charge in [-0.3, -0.25) is 4.98 Å². The van der Waals surface area contributed by atoms with Crippen molar-refractivity contribution in [3.63, 3.8) is 0 Å². The van der Waals surface area contributed by atoms with Crippen molar-refractivity contribution in [1.82, 2.24) is 15.0 Å². The number of aromatic nitrogens is 3. The first-order valence-corrected chi connectivity index (χ1v) is 6.54. The van der Waals surface area contributed by atoms with Gasteiger partial charge in [-0.05, 0) is 46.5 Å². The zero-order chi connectivity index (χ0) is 13.3. The largest absolute Gasteiger partial charge is 0.383 e. The maximum absolute atomic E-state index is 5.91. The van der Waals surface area contributed by atoms with E-state index in [1.165, 1.54) is 0 Å². The average molecular weight is 307 g/mol. The molecule has 0 aliphatic carbocycles. The Labute approximate surface area is 115 Å². The number of hydrogen-bond donors (Lipinski definition) is 1. The number of aryl methyl sites for hydroxylation is 1. The molecule has 0 aliphatic rings. The summed E-state index contributed by atoms with van der Waals surface area (Å²) in [5.41, 5.74) is 8.68. The van der Waals surface area contributed by atoms with Crippen molar-refractivity contribution in [3.05, 3.63) is 34.1 Å². The number of rotatable bonds is 2. The number of hydrogen-bond acceptors (Lipinski definition) is 4. The highest BCUT2D eigenvalue weighted by Crippen LogP contribution is 2.29. The molecular weight excluding hydrogens is 292 g/mol. The van der Waals surface area contributed by atoms with Gasteiger partial charge >= 0.3 is 0 Å². The minimum absolute atomic E-state index is 0.272. The average Bonchev–Trinajstić information content (AvgIpc) is 2.32. The molecule has 0 bridgehead atoms. The highest BCUT2D eigenvalue weighted by molar-refractivity contribution is 9.10. The van der Waals surface area contributed by atoms with Crippen LogP contribution in [0.15, 0.2) is 22.8 Å². The quantitative estimate of drug-likeness (QED) is 0.924. The number of nitrogens with zero attached hydrogens (tertiary/aromatic N) is 3. The Hall–Kier alpha value is -1.49. The molecule has 0 aliphatic heterocycles. The van der Waals surface area contributed by atoms with Gasteiger partial charge in [0.05, 0.1) is 10.2 Å². The van der Waals surface area contributed by atoms with Crippen LogP contribution in [0.1, 0.15) is 31.0 Å². The molecule has 0 fully saturated rings. The Kier molecular flexibility index (Phi) is 3.61. The van der Waals surface area contributed by atoms with E-state index in [9.17, 15) is 0 Å². The lowest BCUT2D eigenvalue weighted by atomic mass is 10.1. The van der Waals surface area contributed by atoms with Crippen LogP contribution in [0.2, 0.25) is 0 Å². The van der Waals surface area contributed by atoms with E-state index in [1.54, 1.807) is 6.20 Å². The van der Waals surface area contributed by atoms with Crippen molar-refractivity contribution in [1.29, 1.82) is 0 Å². The Morgan fingerprint density at radius 3 is 2.61 bits per heavy atom. The van der Waals surface area contributed by atoms with Gasteiger partial charge in [0.15, 0.2) is 5.82 Å². The molecule has 0 unspecified atom stereocenters. The van der Waals surface area contributed by atoms with Crippen molar-refractivity contribution >= 4 is 21.7 Å². The summed E-state index contributed by atoms with van der Waals surface area (Å²) in [6.07, 6.45) is 1.75. The van der Waals surface area contributed by atoms with Gasteiger partial charge in [0, 0.05) is 6.20 Å². The van der Waals surface area contributed by atoms with Crippen LogP contribution in [0.25, 0.3) is 11.5 Å². The van der Waals surface area contributed by atoms with Crippen molar-refractivity contribution in [2.24, 2.45) is 0 Å². The van der Waals surface area contributed by atoms with E-state index in [0.29, 0.717) is 11.6 Å². The predicted octanol–water partition coefficient (Wildman–Crippen LogP) is 3.32. The first-order chi connectivity index (χ1) is 8.49. The monoisotopic (exact) mass is 306 g/mol. The van der Waals surface area contributed by atoms with Gasteiger partial charge in [-0.25, -0.2) is 9.97 Å². The molecule has 0 amide bonds. The van der Waals surface area contributed by atoms with E-state index in [1.807, 2.05) is 19.1 Å². The number of nitrogen functional groups attached to an aromatic ring is 1. The van der Waals surface area contributed by atoms with Crippen LogP contribution < -0.4 is 5.73 Å². The molecule has 2 rings (SSSR count). The van der Waals surface area contributed by atoms with E-state index in [4.69, 9.17) is 5.73 Å². The number of nitrogens with two attached hydrogens (primary N) is 1. The Balaban J connectivity index is 2.59. The lowest BCUT2D eigenvalue weighted by Gasteiger charge is -2.11. The molecule has 5 heteroatoms. The molecule has 2 aromatic rings. The van der Waals surface area contributed by atoms with Gasteiger partial charge in [-0.2, -0.15) is 0 Å². The highest BCUT2D eigenvalue weighted by atomic mass is 79.9. The predicted molar refractivity (Wildman–Crippen MR) is 76.2 cm³/mol. The van der Waals surface area contributed by atoms with Crippen molar-refractivity contribution in [2.45, 2.75) is 26.7 Å². The lowest BCUT2D eigenvalue weighted by Crippen LogP contribution is -2.05. The molecule has 2 heterocycles. The second-order valence-electron chi connectivity index (χ2n) is 4.50. The van der Waals surface area contributed by atoms with Gasteiger partial charge in [0.2, 0.25) is 0 Å². The molecule has 18 heavy (non-hydrogen) atoms. The Bertz CT molecular complexity index is 581. The molecule has 0 radical (unpaired) electrons. The van der Waals surface area contributed by atoms with Crippen LogP contribution in [0.5, 0.6) is 0 Å². The van der Waals surface area contributed by atoms with Gasteiger partial charge in [0.1, 0.15) is 11.5 Å². The fraction of sp³-hybridized carbons (Fsp3) is 0.308. The van der Waals surface area contributed by atoms with Gasteiger partial charge in [0.25, 0.3) is 0 Å². The summed E-state index contributed by atoms with van der Waals surface area (Å²) in [6.45, 7) is 6.15. The van der Waals surface area contributed by atoms with E-state index >= 15 is 0 Å². The third kappa shape index (κ3) is 2.51. The zero-order valence-corrected chi connectivity index (χ0v) is 12.2. The molecule has 2 N–H and O–H groups in total. The molecule has 0 saturated carbocycles. The summed E-state index contributed by atoms with van der Waals surface area (Å²) >= 11 is 3.43. The van der Waals surface area contributed by atoms with Gasteiger partial charge in [-0.1, -0.05) is 13.8 Å². The number of pyridine rings is 1. The van der Waals surface area contributed by atoms with Crippen LogP contribution in [0, 0.1) is 6.92 Å². The van der Waals surface area contributed by atoms with E-state index in [-0.39, 0.29) is 5.92 Å². The van der Waals surface area contributed by atoms with Crippen LogP contribution in [0.4, 0.5) is 5.82 Å². The normalized spacial score (nSPS) is 10.9. The standard InChI is InChI=1S/C13H15BrN4/c1-7(2)11-10(14)12(15)18-13(17-11)9-6-8(3)4-5-16-9/h4-7H,1-3H3,(H2,15,17,18). The molecule has 0 spiro atoms. The number of halogens is 1. The van der Waals surface area contributed by atoms with Crippen molar-refractivity contribution < 1.29 is 0 Å². The smallest absolute Gasteiger partial charge is 0.180 e. The fourth-order valence-electron chi connectivity index (χ4n) is 1.64. The summed E-state index contributed by atoms with van der Waals surface area (Å²) < 4.78 is 0.772. The second-order valence-corrected chi connectivity index (χ2v) is 5.30. The SMILES string of the molecule is Cc1ccnc(-c2nc(N)c(Br)c(C(C)C)n2)c1. The Morgan fingerprint density at radius 1 is 1.28 bits per heavy atom. The first kappa shape index (κ1) is 13.0. The Morgan fingerprint density at radius 2 is 2.00 bits per heavy atom. The molecular formula is C13H15BrN4. The third-order valence-electron chi connectivity index (χ3n) is 2.59. The first-order valence-electron chi connectivity index (χ1n) is 5.75. The molecule has 0 saturated heterocycles. The van der Waals surface area contributed by atoms with Crippen LogP contribution >= 0.6 is 15.9 Å². The minimum Gasteiger partial charge on any atom is -0.383 e. The summed E-state index contributed by atoms with van der Waals surface area (Å²) in [5, 5.41) is 0. The second kappa shape index (κ2) is 5.02. The van der Waals surface area contributed by atoms with Crippen molar-refractivity contribution in [3.8, 4) is 11.5 Å². The zero-order valence-electron chi connectivity index (χ0n) is 10.6. The molecule has 0 atom stereocenters. The maximum Gasteiger partial charge on any atom is 0.180 e. The van der Waals surface area contributed by atoms with Crippen LogP contribution in [-0.2, 0) is 0 Å². The van der Waals surface area contributed by atoms with Gasteiger partial charge < -0.3 is 5.73 Å². The summed E-state index contributed by atoms with van der Waals surface area (Å²) in [7, 11) is 0. The van der Waals surface area contributed by atoms with E-state index < -0.39 is 0 Å². The van der Waals surface area contributed by atoms with Crippen molar-refractivity contribution in [2.75, 3.05) is 5.73 Å². The molecule has 0 aromatic carbocycles. The molecule has 4 nitrogen and oxygen atoms in total. The topological polar surface area (TPSA) is 64.7 Å². The third-order valence-corrected chi connectivity index (χ3v) is 3.41. The lowest BCUT2D eigenvalue weighted by molar-refractivity contribution is 0.810. The highest BCUT2D eigenvalue weighted by Gasteiger charge is 2.14.